The van der Waals surface area contributed by atoms with Crippen LogP contribution >= 0.6 is 0 Å². The Balaban J connectivity index is 1.88. The third-order valence-electron chi connectivity index (χ3n) is 2.69. The molecule has 0 fully saturated rings. The Hall–Kier alpha value is -3.20. The van der Waals surface area contributed by atoms with Crippen molar-refractivity contribution in [3.8, 4) is 6.07 Å². The van der Waals surface area contributed by atoms with Gasteiger partial charge >= 0.3 is 5.97 Å². The van der Waals surface area contributed by atoms with E-state index in [1.54, 1.807) is 18.2 Å². The summed E-state index contributed by atoms with van der Waals surface area (Å²) >= 11 is 0. The van der Waals surface area contributed by atoms with Crippen LogP contribution in [0.25, 0.3) is 0 Å². The predicted octanol–water partition coefficient (Wildman–Crippen LogP) is 2.49. The number of hydrogen-bond acceptors (Lipinski definition) is 4. The van der Waals surface area contributed by atoms with Gasteiger partial charge in [-0.05, 0) is 42.5 Å². The highest BCUT2D eigenvalue weighted by atomic mass is 19.1. The van der Waals surface area contributed by atoms with Gasteiger partial charge in [0.15, 0.2) is 6.61 Å². The number of carbonyl (C=O) groups excluding carboxylic acids is 2. The lowest BCUT2D eigenvalue weighted by Gasteiger charge is -2.07. The number of carbonyl (C=O) groups is 2. The van der Waals surface area contributed by atoms with Gasteiger partial charge in [0, 0.05) is 5.69 Å². The number of nitrogens with zero attached hydrogens (tertiary/aromatic N) is 1. The molecule has 1 amide bonds. The zero-order chi connectivity index (χ0) is 15.9. The molecule has 0 aliphatic heterocycles. The van der Waals surface area contributed by atoms with Gasteiger partial charge in [0.05, 0.1) is 17.2 Å². The number of hydrogen-bond donors (Lipinski definition) is 1. The molecule has 0 saturated heterocycles. The summed E-state index contributed by atoms with van der Waals surface area (Å²) < 4.78 is 17.5. The number of halogens is 1. The van der Waals surface area contributed by atoms with E-state index in [-0.39, 0.29) is 5.56 Å². The number of anilines is 1. The lowest BCUT2D eigenvalue weighted by atomic mass is 10.2. The van der Waals surface area contributed by atoms with E-state index in [1.165, 1.54) is 18.2 Å². The van der Waals surface area contributed by atoms with E-state index in [0.29, 0.717) is 11.3 Å². The van der Waals surface area contributed by atoms with Crippen LogP contribution < -0.4 is 5.32 Å². The van der Waals surface area contributed by atoms with Crippen LogP contribution in [0.4, 0.5) is 10.1 Å². The van der Waals surface area contributed by atoms with Crippen LogP contribution in [0.2, 0.25) is 0 Å². The second-order valence-electron chi connectivity index (χ2n) is 4.32. The zero-order valence-electron chi connectivity index (χ0n) is 11.4. The number of rotatable bonds is 4. The van der Waals surface area contributed by atoms with Crippen LogP contribution in [0.15, 0.2) is 48.5 Å². The van der Waals surface area contributed by atoms with E-state index in [2.05, 4.69) is 5.32 Å². The summed E-state index contributed by atoms with van der Waals surface area (Å²) in [5.41, 5.74) is 0.990. The molecule has 22 heavy (non-hydrogen) atoms. The topological polar surface area (TPSA) is 79.2 Å². The standard InChI is InChI=1S/C16H11FN2O3/c17-13-6-4-12(5-7-13)16(21)22-10-15(20)19-14-3-1-2-11(8-14)9-18/h1-8H,10H2,(H,19,20). The monoisotopic (exact) mass is 298 g/mol. The molecule has 0 atom stereocenters. The third-order valence-corrected chi connectivity index (χ3v) is 2.69. The second-order valence-corrected chi connectivity index (χ2v) is 4.32. The highest BCUT2D eigenvalue weighted by molar-refractivity contribution is 5.95. The van der Waals surface area contributed by atoms with Crippen molar-refractivity contribution in [3.05, 3.63) is 65.5 Å². The van der Waals surface area contributed by atoms with Gasteiger partial charge in [0.1, 0.15) is 5.82 Å². The molecule has 2 aromatic rings. The van der Waals surface area contributed by atoms with E-state index >= 15 is 0 Å². The van der Waals surface area contributed by atoms with Gasteiger partial charge in [0.2, 0.25) is 0 Å². The molecular formula is C16H11FN2O3. The first-order valence-electron chi connectivity index (χ1n) is 6.31. The quantitative estimate of drug-likeness (QED) is 0.879. The maximum Gasteiger partial charge on any atom is 0.338 e. The molecule has 5 nitrogen and oxygen atoms in total. The van der Waals surface area contributed by atoms with Gasteiger partial charge < -0.3 is 10.1 Å². The fraction of sp³-hybridized carbons (Fsp3) is 0.0625. The molecule has 2 aromatic carbocycles. The van der Waals surface area contributed by atoms with E-state index in [9.17, 15) is 14.0 Å². The third kappa shape index (κ3) is 4.15. The molecule has 0 bridgehead atoms. The molecule has 0 saturated carbocycles. The van der Waals surface area contributed by atoms with Crippen LogP contribution in [0.5, 0.6) is 0 Å². The van der Waals surface area contributed by atoms with Crippen LogP contribution in [0, 0.1) is 17.1 Å². The van der Waals surface area contributed by atoms with Crippen molar-refractivity contribution in [1.29, 1.82) is 5.26 Å². The van der Waals surface area contributed by atoms with Gasteiger partial charge in [-0.3, -0.25) is 4.79 Å². The Bertz CT molecular complexity index is 736. The minimum absolute atomic E-state index is 0.153. The number of esters is 1. The first kappa shape index (κ1) is 15.2. The molecule has 1 N–H and O–H groups in total. The lowest BCUT2D eigenvalue weighted by Crippen LogP contribution is -2.20. The largest absolute Gasteiger partial charge is 0.452 e. The fourth-order valence-electron chi connectivity index (χ4n) is 1.66. The van der Waals surface area contributed by atoms with Crippen LogP contribution in [-0.4, -0.2) is 18.5 Å². The summed E-state index contributed by atoms with van der Waals surface area (Å²) in [6, 6.07) is 13.1. The van der Waals surface area contributed by atoms with E-state index in [0.717, 1.165) is 12.1 Å². The molecule has 0 heterocycles. The second kappa shape index (κ2) is 6.99. The molecule has 6 heteroatoms. The number of nitrogens with one attached hydrogen (secondary N) is 1. The molecule has 0 unspecified atom stereocenters. The summed E-state index contributed by atoms with van der Waals surface area (Å²) in [6.07, 6.45) is 0. The van der Waals surface area contributed by atoms with Crippen molar-refractivity contribution in [2.24, 2.45) is 0 Å². The van der Waals surface area contributed by atoms with Crippen molar-refractivity contribution < 1.29 is 18.7 Å². The fourth-order valence-corrected chi connectivity index (χ4v) is 1.66. The van der Waals surface area contributed by atoms with Crippen molar-refractivity contribution in [1.82, 2.24) is 0 Å². The molecular weight excluding hydrogens is 287 g/mol. The van der Waals surface area contributed by atoms with Crippen LogP contribution in [0.1, 0.15) is 15.9 Å². The zero-order valence-corrected chi connectivity index (χ0v) is 11.4. The number of benzene rings is 2. The van der Waals surface area contributed by atoms with Crippen molar-refractivity contribution in [2.45, 2.75) is 0 Å². The Labute approximate surface area is 125 Å². The summed E-state index contributed by atoms with van der Waals surface area (Å²) in [6.45, 7) is -0.479. The van der Waals surface area contributed by atoms with Crippen molar-refractivity contribution in [2.75, 3.05) is 11.9 Å². The van der Waals surface area contributed by atoms with E-state index in [4.69, 9.17) is 10.00 Å². The van der Waals surface area contributed by atoms with Crippen LogP contribution in [-0.2, 0) is 9.53 Å². The van der Waals surface area contributed by atoms with Gasteiger partial charge in [0.25, 0.3) is 5.91 Å². The maximum atomic E-state index is 12.7. The SMILES string of the molecule is N#Cc1cccc(NC(=O)COC(=O)c2ccc(F)cc2)c1. The average molecular weight is 298 g/mol. The predicted molar refractivity (Wildman–Crippen MR) is 76.5 cm³/mol. The Morgan fingerprint density at radius 3 is 2.59 bits per heavy atom. The summed E-state index contributed by atoms with van der Waals surface area (Å²) in [7, 11) is 0. The van der Waals surface area contributed by atoms with Gasteiger partial charge in [-0.2, -0.15) is 5.26 Å². The Morgan fingerprint density at radius 1 is 1.18 bits per heavy atom. The minimum atomic E-state index is -0.721. The number of amides is 1. The summed E-state index contributed by atoms with van der Waals surface area (Å²) in [4.78, 5) is 23.3. The number of ether oxygens (including phenoxy) is 1. The molecule has 110 valence electrons. The Kier molecular flexibility index (Phi) is 4.83. The molecule has 2 rings (SSSR count). The highest BCUT2D eigenvalue weighted by Crippen LogP contribution is 2.10. The molecule has 0 spiro atoms. The van der Waals surface area contributed by atoms with E-state index < -0.39 is 24.3 Å². The molecule has 0 aliphatic carbocycles. The average Bonchev–Trinajstić information content (AvgIpc) is 2.53. The van der Waals surface area contributed by atoms with Crippen molar-refractivity contribution >= 4 is 17.6 Å². The van der Waals surface area contributed by atoms with Crippen LogP contribution in [0.3, 0.4) is 0 Å². The first-order chi connectivity index (χ1) is 10.6. The normalized spacial score (nSPS) is 9.64. The molecule has 0 aromatic heterocycles. The summed E-state index contributed by atoms with van der Waals surface area (Å²) in [5.74, 6) is -1.72. The van der Waals surface area contributed by atoms with Gasteiger partial charge in [-0.25, -0.2) is 9.18 Å². The maximum absolute atomic E-state index is 12.7. The molecule has 0 radical (unpaired) electrons. The number of nitriles is 1. The van der Waals surface area contributed by atoms with Gasteiger partial charge in [-0.15, -0.1) is 0 Å². The van der Waals surface area contributed by atoms with Crippen molar-refractivity contribution in [3.63, 3.8) is 0 Å². The van der Waals surface area contributed by atoms with E-state index in [1.807, 2.05) is 6.07 Å². The van der Waals surface area contributed by atoms with Gasteiger partial charge in [-0.1, -0.05) is 6.07 Å². The summed E-state index contributed by atoms with van der Waals surface area (Å²) in [5, 5.41) is 11.3. The minimum Gasteiger partial charge on any atom is -0.452 e. The smallest absolute Gasteiger partial charge is 0.338 e. The Morgan fingerprint density at radius 2 is 1.91 bits per heavy atom. The first-order valence-corrected chi connectivity index (χ1v) is 6.31. The lowest BCUT2D eigenvalue weighted by molar-refractivity contribution is -0.119. The molecule has 0 aliphatic rings. The highest BCUT2D eigenvalue weighted by Gasteiger charge is 2.10.